The van der Waals surface area contributed by atoms with Crippen molar-refractivity contribution in [1.29, 1.82) is 0 Å². The summed E-state index contributed by atoms with van der Waals surface area (Å²) in [5.41, 5.74) is 0.525. The Kier molecular flexibility index (Phi) is 5.45. The van der Waals surface area contributed by atoms with Gasteiger partial charge in [-0.3, -0.25) is 4.79 Å². The molecule has 0 aromatic heterocycles. The maximum Gasteiger partial charge on any atom is 0.329 e. The Bertz CT molecular complexity index is 408. The molecule has 0 radical (unpaired) electrons. The fourth-order valence-electron chi connectivity index (χ4n) is 1.10. The third-order valence-electron chi connectivity index (χ3n) is 1.85. The number of ether oxygens (including phenoxy) is 1. The number of halogens is 1. The number of benzene rings is 1. The molecule has 0 aliphatic carbocycles. The minimum Gasteiger partial charge on any atom is -0.480 e. The van der Waals surface area contributed by atoms with Crippen LogP contribution in [0.15, 0.2) is 24.3 Å². The van der Waals surface area contributed by atoms with E-state index in [1.165, 1.54) is 0 Å². The molecule has 17 heavy (non-hydrogen) atoms. The van der Waals surface area contributed by atoms with Crippen molar-refractivity contribution in [2.75, 3.05) is 18.5 Å². The topological polar surface area (TPSA) is 75.6 Å². The molecule has 0 spiro atoms. The van der Waals surface area contributed by atoms with Crippen molar-refractivity contribution in [2.45, 2.75) is 6.42 Å². The van der Waals surface area contributed by atoms with E-state index in [2.05, 4.69) is 5.32 Å². The molecule has 0 saturated heterocycles. The van der Waals surface area contributed by atoms with Crippen LogP contribution < -0.4 is 5.32 Å². The number of amides is 1. The van der Waals surface area contributed by atoms with Gasteiger partial charge in [0.1, 0.15) is 6.61 Å². The lowest BCUT2D eigenvalue weighted by Gasteiger charge is -2.06. The third kappa shape index (κ3) is 5.33. The zero-order valence-electron chi connectivity index (χ0n) is 8.98. The van der Waals surface area contributed by atoms with Crippen LogP contribution in [0.25, 0.3) is 0 Å². The highest BCUT2D eigenvalue weighted by Gasteiger charge is 2.05. The van der Waals surface area contributed by atoms with Gasteiger partial charge >= 0.3 is 5.97 Å². The first-order chi connectivity index (χ1) is 8.09. The number of nitrogens with one attached hydrogen (secondary N) is 1. The monoisotopic (exact) mass is 257 g/mol. The van der Waals surface area contributed by atoms with Crippen LogP contribution in [0.1, 0.15) is 6.42 Å². The molecule has 0 heterocycles. The number of carbonyl (C=O) groups excluding carboxylic acids is 1. The summed E-state index contributed by atoms with van der Waals surface area (Å²) in [5, 5.41) is 11.4. The second kappa shape index (κ2) is 6.88. The van der Waals surface area contributed by atoms with Gasteiger partial charge in [-0.05, 0) is 12.1 Å². The Hall–Kier alpha value is -1.59. The largest absolute Gasteiger partial charge is 0.480 e. The first kappa shape index (κ1) is 13.5. The van der Waals surface area contributed by atoms with Crippen molar-refractivity contribution < 1.29 is 19.4 Å². The van der Waals surface area contributed by atoms with Gasteiger partial charge in [0, 0.05) is 0 Å². The summed E-state index contributed by atoms with van der Waals surface area (Å²) in [6.07, 6.45) is 0.0818. The van der Waals surface area contributed by atoms with Crippen LogP contribution in [0, 0.1) is 0 Å². The Labute approximate surface area is 103 Å². The third-order valence-corrected chi connectivity index (χ3v) is 2.18. The summed E-state index contributed by atoms with van der Waals surface area (Å²) < 4.78 is 4.74. The van der Waals surface area contributed by atoms with Crippen LogP contribution in [0.2, 0.25) is 5.02 Å². The molecule has 1 aromatic rings. The van der Waals surface area contributed by atoms with Crippen molar-refractivity contribution >= 4 is 29.2 Å². The maximum absolute atomic E-state index is 11.4. The maximum atomic E-state index is 11.4. The standard InChI is InChI=1S/C11H12ClNO4/c12-8-3-1-2-4-9(8)13-10(14)5-6-17-7-11(15)16/h1-4H,5-7H2,(H,13,14)(H,15,16). The molecule has 0 saturated carbocycles. The zero-order valence-corrected chi connectivity index (χ0v) is 9.74. The smallest absolute Gasteiger partial charge is 0.329 e. The molecule has 0 fully saturated rings. The molecule has 0 aliphatic heterocycles. The van der Waals surface area contributed by atoms with Crippen molar-refractivity contribution in [2.24, 2.45) is 0 Å². The van der Waals surface area contributed by atoms with Gasteiger partial charge in [0.15, 0.2) is 0 Å². The molecule has 6 heteroatoms. The van der Waals surface area contributed by atoms with Crippen LogP contribution in [0.3, 0.4) is 0 Å². The van der Waals surface area contributed by atoms with Crippen LogP contribution in [-0.4, -0.2) is 30.2 Å². The van der Waals surface area contributed by atoms with Crippen molar-refractivity contribution in [1.82, 2.24) is 0 Å². The van der Waals surface area contributed by atoms with Gasteiger partial charge < -0.3 is 15.2 Å². The van der Waals surface area contributed by atoms with Crippen molar-refractivity contribution in [3.63, 3.8) is 0 Å². The summed E-state index contributed by atoms with van der Waals surface area (Å²) >= 11 is 5.85. The first-order valence-corrected chi connectivity index (χ1v) is 5.31. The Morgan fingerprint density at radius 2 is 2.06 bits per heavy atom. The highest BCUT2D eigenvalue weighted by atomic mass is 35.5. The van der Waals surface area contributed by atoms with E-state index in [1.807, 2.05) is 0 Å². The number of para-hydroxylation sites is 1. The number of carboxylic acids is 1. The molecule has 2 N–H and O–H groups in total. The average Bonchev–Trinajstić information content (AvgIpc) is 2.27. The predicted molar refractivity (Wildman–Crippen MR) is 63.2 cm³/mol. The van der Waals surface area contributed by atoms with E-state index in [0.29, 0.717) is 10.7 Å². The van der Waals surface area contributed by atoms with Gasteiger partial charge in [-0.25, -0.2) is 4.79 Å². The minimum absolute atomic E-state index is 0.0581. The number of carboxylic acid groups (broad SMARTS) is 1. The lowest BCUT2D eigenvalue weighted by molar-refractivity contribution is -0.142. The molecule has 1 rings (SSSR count). The molecule has 0 unspecified atom stereocenters. The fraction of sp³-hybridized carbons (Fsp3) is 0.273. The summed E-state index contributed by atoms with van der Waals surface area (Å²) in [7, 11) is 0. The Morgan fingerprint density at radius 3 is 2.71 bits per heavy atom. The molecule has 1 amide bonds. The molecule has 0 bridgehead atoms. The summed E-state index contributed by atoms with van der Waals surface area (Å²) in [4.78, 5) is 21.5. The van der Waals surface area contributed by atoms with Gasteiger partial charge in [-0.15, -0.1) is 0 Å². The van der Waals surface area contributed by atoms with Gasteiger partial charge in [-0.2, -0.15) is 0 Å². The van der Waals surface area contributed by atoms with E-state index in [-0.39, 0.29) is 18.9 Å². The average molecular weight is 258 g/mol. The SMILES string of the molecule is O=C(O)COCCC(=O)Nc1ccccc1Cl. The van der Waals surface area contributed by atoms with Gasteiger partial charge in [-0.1, -0.05) is 23.7 Å². The number of rotatable bonds is 6. The Morgan fingerprint density at radius 1 is 1.35 bits per heavy atom. The number of carbonyl (C=O) groups is 2. The number of aliphatic carboxylic acids is 1. The van der Waals surface area contributed by atoms with E-state index < -0.39 is 12.6 Å². The number of anilines is 1. The zero-order chi connectivity index (χ0) is 12.7. The highest BCUT2D eigenvalue weighted by Crippen LogP contribution is 2.20. The lowest BCUT2D eigenvalue weighted by atomic mass is 10.3. The molecule has 0 atom stereocenters. The van der Waals surface area contributed by atoms with E-state index in [0.717, 1.165) is 0 Å². The van der Waals surface area contributed by atoms with Gasteiger partial charge in [0.2, 0.25) is 5.91 Å². The predicted octanol–water partition coefficient (Wildman–Crippen LogP) is 1.77. The molecule has 5 nitrogen and oxygen atoms in total. The normalized spacial score (nSPS) is 9.94. The molecular formula is C11H12ClNO4. The number of hydrogen-bond acceptors (Lipinski definition) is 3. The lowest BCUT2D eigenvalue weighted by Crippen LogP contribution is -2.16. The summed E-state index contributed by atoms with van der Waals surface area (Å²) in [6, 6.07) is 6.85. The van der Waals surface area contributed by atoms with Crippen LogP contribution in [-0.2, 0) is 14.3 Å². The summed E-state index contributed by atoms with van der Waals surface area (Å²) in [6.45, 7) is -0.345. The van der Waals surface area contributed by atoms with Gasteiger partial charge in [0.05, 0.1) is 23.7 Å². The quantitative estimate of drug-likeness (QED) is 0.762. The molecular weight excluding hydrogens is 246 g/mol. The first-order valence-electron chi connectivity index (χ1n) is 4.93. The van der Waals surface area contributed by atoms with Crippen LogP contribution in [0.4, 0.5) is 5.69 Å². The van der Waals surface area contributed by atoms with E-state index in [1.54, 1.807) is 24.3 Å². The van der Waals surface area contributed by atoms with Crippen LogP contribution >= 0.6 is 11.6 Å². The van der Waals surface area contributed by atoms with Crippen molar-refractivity contribution in [3.8, 4) is 0 Å². The Balaban J connectivity index is 2.30. The second-order valence-corrected chi connectivity index (χ2v) is 3.63. The number of hydrogen-bond donors (Lipinski definition) is 2. The van der Waals surface area contributed by atoms with Crippen LogP contribution in [0.5, 0.6) is 0 Å². The van der Waals surface area contributed by atoms with E-state index in [4.69, 9.17) is 21.4 Å². The van der Waals surface area contributed by atoms with Crippen molar-refractivity contribution in [3.05, 3.63) is 29.3 Å². The fourth-order valence-corrected chi connectivity index (χ4v) is 1.28. The van der Waals surface area contributed by atoms with E-state index >= 15 is 0 Å². The van der Waals surface area contributed by atoms with Gasteiger partial charge in [0.25, 0.3) is 0 Å². The second-order valence-electron chi connectivity index (χ2n) is 3.22. The molecule has 1 aromatic carbocycles. The molecule has 0 aliphatic rings. The molecule has 92 valence electrons. The minimum atomic E-state index is -1.06. The van der Waals surface area contributed by atoms with E-state index in [9.17, 15) is 9.59 Å². The highest BCUT2D eigenvalue weighted by molar-refractivity contribution is 6.33. The summed E-state index contributed by atoms with van der Waals surface area (Å²) in [5.74, 6) is -1.33.